The lowest BCUT2D eigenvalue weighted by atomic mass is 10.0. The van der Waals surface area contributed by atoms with Crippen molar-refractivity contribution in [2.45, 2.75) is 30.3 Å². The number of hydrogen-bond acceptors (Lipinski definition) is 6. The molecule has 1 amide bonds. The summed E-state index contributed by atoms with van der Waals surface area (Å²) in [6.45, 7) is 2.21. The molecule has 0 bridgehead atoms. The second kappa shape index (κ2) is 11.7. The fourth-order valence-electron chi connectivity index (χ4n) is 4.60. The Kier molecular flexibility index (Phi) is 7.50. The predicted molar refractivity (Wildman–Crippen MR) is 155 cm³/mol. The molecule has 4 aromatic carbocycles. The molecule has 2 heterocycles. The third-order valence-corrected chi connectivity index (χ3v) is 7.70. The molecule has 1 aromatic heterocycles. The molecular weight excluding hydrogens is 520 g/mol. The Morgan fingerprint density at radius 2 is 1.57 bits per heavy atom. The van der Waals surface area contributed by atoms with E-state index in [9.17, 15) is 4.79 Å². The van der Waals surface area contributed by atoms with E-state index in [1.807, 2.05) is 36.4 Å². The molecule has 5 aromatic rings. The van der Waals surface area contributed by atoms with Crippen LogP contribution < -0.4 is 14.8 Å². The molecule has 0 radical (unpaired) electrons. The molecule has 0 saturated heterocycles. The maximum atomic E-state index is 13.6. The largest absolute Gasteiger partial charge is 0.454 e. The number of carbonyl (C=O) groups is 1. The van der Waals surface area contributed by atoms with Crippen LogP contribution in [0.1, 0.15) is 38.9 Å². The second-order valence-electron chi connectivity index (χ2n) is 9.57. The van der Waals surface area contributed by atoms with Crippen molar-refractivity contribution in [2.75, 3.05) is 6.79 Å². The summed E-state index contributed by atoms with van der Waals surface area (Å²) >= 11 is 1.62. The summed E-state index contributed by atoms with van der Waals surface area (Å²) in [5, 5.41) is 13.3. The van der Waals surface area contributed by atoms with Gasteiger partial charge < -0.3 is 14.8 Å². The first-order valence-corrected chi connectivity index (χ1v) is 14.1. The third-order valence-electron chi connectivity index (χ3n) is 6.70. The summed E-state index contributed by atoms with van der Waals surface area (Å²) in [5.74, 6) is 2.39. The predicted octanol–water partition coefficient (Wildman–Crippen LogP) is 6.31. The number of rotatable bonds is 9. The highest BCUT2D eigenvalue weighted by Crippen LogP contribution is 2.33. The van der Waals surface area contributed by atoms with Crippen molar-refractivity contribution in [1.82, 2.24) is 20.1 Å². The van der Waals surface area contributed by atoms with E-state index in [-0.39, 0.29) is 12.7 Å². The van der Waals surface area contributed by atoms with Crippen molar-refractivity contribution in [3.8, 4) is 17.2 Å². The van der Waals surface area contributed by atoms with Crippen molar-refractivity contribution in [3.63, 3.8) is 0 Å². The maximum Gasteiger partial charge on any atom is 0.252 e. The van der Waals surface area contributed by atoms with Gasteiger partial charge in [-0.2, -0.15) is 0 Å². The van der Waals surface area contributed by atoms with E-state index in [1.165, 1.54) is 5.56 Å². The molecule has 1 aliphatic heterocycles. The summed E-state index contributed by atoms with van der Waals surface area (Å²) in [7, 11) is 0. The van der Waals surface area contributed by atoms with Crippen LogP contribution in [0.3, 0.4) is 0 Å². The summed E-state index contributed by atoms with van der Waals surface area (Å²) in [5.41, 5.74) is 4.87. The quantitative estimate of drug-likeness (QED) is 0.218. The van der Waals surface area contributed by atoms with Gasteiger partial charge in [0.05, 0.1) is 6.04 Å². The van der Waals surface area contributed by atoms with Gasteiger partial charge in [0, 0.05) is 17.0 Å². The number of fused-ring (bicyclic) bond motifs is 1. The average Bonchev–Trinajstić information content (AvgIpc) is 3.64. The zero-order valence-corrected chi connectivity index (χ0v) is 22.8. The number of nitrogens with zero attached hydrogens (tertiary/aromatic N) is 3. The van der Waals surface area contributed by atoms with Crippen LogP contribution >= 0.6 is 11.8 Å². The Hall–Kier alpha value is -4.56. The number of amides is 1. The van der Waals surface area contributed by atoms with Gasteiger partial charge in [0.1, 0.15) is 0 Å². The highest BCUT2D eigenvalue weighted by molar-refractivity contribution is 7.98. The van der Waals surface area contributed by atoms with Gasteiger partial charge in [-0.05, 0) is 54.8 Å². The highest BCUT2D eigenvalue weighted by Gasteiger charge is 2.26. The van der Waals surface area contributed by atoms with E-state index >= 15 is 0 Å². The Morgan fingerprint density at radius 3 is 2.33 bits per heavy atom. The lowest BCUT2D eigenvalue weighted by Crippen LogP contribution is -2.32. The monoisotopic (exact) mass is 548 g/mol. The van der Waals surface area contributed by atoms with E-state index < -0.39 is 6.04 Å². The molecule has 0 spiro atoms. The fourth-order valence-corrected chi connectivity index (χ4v) is 5.51. The van der Waals surface area contributed by atoms with E-state index in [0.717, 1.165) is 27.7 Å². The number of aryl methyl sites for hydroxylation is 1. The van der Waals surface area contributed by atoms with Crippen LogP contribution in [-0.4, -0.2) is 27.5 Å². The van der Waals surface area contributed by atoms with Crippen LogP contribution in [0.25, 0.3) is 5.69 Å². The second-order valence-corrected chi connectivity index (χ2v) is 10.5. The molecule has 1 aliphatic rings. The van der Waals surface area contributed by atoms with Gasteiger partial charge in [0.2, 0.25) is 6.79 Å². The molecule has 0 aliphatic carbocycles. The Labute approximate surface area is 237 Å². The van der Waals surface area contributed by atoms with Gasteiger partial charge in [0.15, 0.2) is 22.5 Å². The molecule has 1 N–H and O–H groups in total. The van der Waals surface area contributed by atoms with Crippen LogP contribution in [-0.2, 0) is 12.2 Å². The van der Waals surface area contributed by atoms with Crippen LogP contribution in [0, 0.1) is 6.92 Å². The Morgan fingerprint density at radius 1 is 0.875 bits per heavy atom. The molecule has 0 fully saturated rings. The highest BCUT2D eigenvalue weighted by atomic mass is 32.2. The summed E-state index contributed by atoms with van der Waals surface area (Å²) in [6, 6.07) is 33.4. The van der Waals surface area contributed by atoms with Crippen molar-refractivity contribution >= 4 is 17.7 Å². The van der Waals surface area contributed by atoms with E-state index in [1.54, 1.807) is 30.0 Å². The Bertz CT molecular complexity index is 1610. The molecule has 1 unspecified atom stereocenters. The van der Waals surface area contributed by atoms with Gasteiger partial charge in [-0.25, -0.2) is 0 Å². The molecule has 7 nitrogen and oxygen atoms in total. The lowest BCUT2D eigenvalue weighted by molar-refractivity contribution is 0.0933. The SMILES string of the molecule is Cc1ccc(-n2c(SCc3ccccc3)nnc2C(Cc2ccccc2)NC(=O)c2ccc3c(c2)OCO3)cc1. The maximum absolute atomic E-state index is 13.6. The number of hydrogen-bond donors (Lipinski definition) is 1. The third kappa shape index (κ3) is 5.72. The standard InChI is InChI=1S/C32H28N4O3S/c1-22-12-15-26(16-13-22)36-30(34-35-32(36)40-20-24-10-6-3-7-11-24)27(18-23-8-4-2-5-9-23)33-31(37)25-14-17-28-29(19-25)39-21-38-28/h2-17,19,27H,18,20-21H2,1H3,(H,33,37). The molecule has 0 saturated carbocycles. The lowest BCUT2D eigenvalue weighted by Gasteiger charge is -2.20. The number of carbonyl (C=O) groups excluding carboxylic acids is 1. The van der Waals surface area contributed by atoms with E-state index in [2.05, 4.69) is 75.5 Å². The first kappa shape index (κ1) is 25.7. The minimum Gasteiger partial charge on any atom is -0.454 e. The zero-order chi connectivity index (χ0) is 27.3. The molecule has 1 atom stereocenters. The zero-order valence-electron chi connectivity index (χ0n) is 22.0. The summed E-state index contributed by atoms with van der Waals surface area (Å²) < 4.78 is 13.0. The van der Waals surface area contributed by atoms with Crippen LogP contribution in [0.2, 0.25) is 0 Å². The summed E-state index contributed by atoms with van der Waals surface area (Å²) in [6.07, 6.45) is 0.546. The normalized spacial score (nSPS) is 12.7. The van der Waals surface area contributed by atoms with Crippen LogP contribution in [0.4, 0.5) is 0 Å². The molecule has 200 valence electrons. The molecule has 6 rings (SSSR count). The van der Waals surface area contributed by atoms with Crippen molar-refractivity contribution in [3.05, 3.63) is 131 Å². The van der Waals surface area contributed by atoms with Crippen LogP contribution in [0.5, 0.6) is 11.5 Å². The number of nitrogens with one attached hydrogen (secondary N) is 1. The smallest absolute Gasteiger partial charge is 0.252 e. The number of aromatic nitrogens is 3. The van der Waals surface area contributed by atoms with Crippen molar-refractivity contribution < 1.29 is 14.3 Å². The van der Waals surface area contributed by atoms with Crippen molar-refractivity contribution in [2.24, 2.45) is 0 Å². The minimum absolute atomic E-state index is 0.153. The average molecular weight is 549 g/mol. The topological polar surface area (TPSA) is 78.3 Å². The first-order chi connectivity index (χ1) is 19.6. The van der Waals surface area contributed by atoms with Gasteiger partial charge in [-0.1, -0.05) is 90.1 Å². The van der Waals surface area contributed by atoms with Crippen molar-refractivity contribution in [1.29, 1.82) is 0 Å². The Balaban J connectivity index is 1.37. The van der Waals surface area contributed by atoms with Gasteiger partial charge in [-0.15, -0.1) is 10.2 Å². The molecule has 8 heteroatoms. The number of thioether (sulfide) groups is 1. The first-order valence-electron chi connectivity index (χ1n) is 13.1. The minimum atomic E-state index is -0.444. The molecule has 40 heavy (non-hydrogen) atoms. The number of benzene rings is 4. The van der Waals surface area contributed by atoms with Gasteiger partial charge in [0.25, 0.3) is 5.91 Å². The molecular formula is C32H28N4O3S. The van der Waals surface area contributed by atoms with Gasteiger partial charge in [-0.3, -0.25) is 9.36 Å². The van der Waals surface area contributed by atoms with Crippen LogP contribution in [0.15, 0.2) is 108 Å². The fraction of sp³-hybridized carbons (Fsp3) is 0.156. The summed E-state index contributed by atoms with van der Waals surface area (Å²) in [4.78, 5) is 13.6. The van der Waals surface area contributed by atoms with E-state index in [0.29, 0.717) is 29.3 Å². The van der Waals surface area contributed by atoms with E-state index in [4.69, 9.17) is 9.47 Å². The number of ether oxygens (including phenoxy) is 2. The van der Waals surface area contributed by atoms with Gasteiger partial charge >= 0.3 is 0 Å².